The van der Waals surface area contributed by atoms with Gasteiger partial charge in [-0.25, -0.2) is 0 Å². The maximum absolute atomic E-state index is 11.3. The molecule has 0 heterocycles. The zero-order valence-electron chi connectivity index (χ0n) is 21.2. The Morgan fingerprint density at radius 2 is 1.94 bits per heavy atom. The standard InChI is InChI=1S/C30H37ClO5/c1-34-23-13-9-20(10-14-23)19-36-28-16-12-21-17-22(11-15-24(21)28)30-25(26(31)18-27(30)32)7-5-3-4-6-8-29(33)35-2/h3,5,9-11,13-15,17,25-28,30,32H,4,6-8,12,16,18-19H2,1-2H3/b5-3-/t25-,26+,27?,28?,30-/m0/s1. The lowest BCUT2D eigenvalue weighted by atomic mass is 9.84. The van der Waals surface area contributed by atoms with Crippen LogP contribution in [0, 0.1) is 5.92 Å². The summed E-state index contributed by atoms with van der Waals surface area (Å²) in [5, 5.41) is 10.8. The number of aliphatic hydroxyl groups excluding tert-OH is 1. The molecule has 2 aromatic rings. The molecule has 2 aliphatic rings. The van der Waals surface area contributed by atoms with Crippen molar-refractivity contribution in [3.63, 3.8) is 0 Å². The largest absolute Gasteiger partial charge is 0.497 e. The number of methoxy groups -OCH3 is 2. The summed E-state index contributed by atoms with van der Waals surface area (Å²) in [7, 11) is 3.08. The number of carbonyl (C=O) groups is 1. The summed E-state index contributed by atoms with van der Waals surface area (Å²) in [6, 6.07) is 14.6. The van der Waals surface area contributed by atoms with Gasteiger partial charge in [-0.1, -0.05) is 42.5 Å². The number of aryl methyl sites for hydroxylation is 1. The third-order valence-electron chi connectivity index (χ3n) is 7.55. The summed E-state index contributed by atoms with van der Waals surface area (Å²) in [4.78, 5) is 11.3. The normalized spacial score (nSPS) is 25.3. The number of hydrogen-bond donors (Lipinski definition) is 1. The average Bonchev–Trinajstić information content (AvgIpc) is 3.43. The number of alkyl halides is 1. The molecule has 0 aromatic heterocycles. The fourth-order valence-electron chi connectivity index (χ4n) is 5.56. The van der Waals surface area contributed by atoms with Crippen LogP contribution in [-0.4, -0.2) is 36.8 Å². The second kappa shape index (κ2) is 12.8. The van der Waals surface area contributed by atoms with Gasteiger partial charge >= 0.3 is 5.97 Å². The number of esters is 1. The molecular weight excluding hydrogens is 476 g/mol. The summed E-state index contributed by atoms with van der Waals surface area (Å²) in [6.45, 7) is 0.569. The molecule has 1 fully saturated rings. The first-order chi connectivity index (χ1) is 17.5. The van der Waals surface area contributed by atoms with Gasteiger partial charge in [0.15, 0.2) is 0 Å². The van der Waals surface area contributed by atoms with E-state index in [1.54, 1.807) is 7.11 Å². The predicted molar refractivity (Wildman–Crippen MR) is 141 cm³/mol. The topological polar surface area (TPSA) is 65.0 Å². The Hall–Kier alpha value is -2.34. The zero-order chi connectivity index (χ0) is 25.5. The molecule has 2 unspecified atom stereocenters. The maximum Gasteiger partial charge on any atom is 0.305 e. The molecule has 0 saturated heterocycles. The first kappa shape index (κ1) is 26.7. The Bertz CT molecular complexity index is 1030. The van der Waals surface area contributed by atoms with E-state index in [9.17, 15) is 9.90 Å². The highest BCUT2D eigenvalue weighted by atomic mass is 35.5. The molecule has 0 aliphatic heterocycles. The van der Waals surface area contributed by atoms with Gasteiger partial charge in [0.05, 0.1) is 33.0 Å². The van der Waals surface area contributed by atoms with Gasteiger partial charge in [0.2, 0.25) is 0 Å². The van der Waals surface area contributed by atoms with E-state index in [0.29, 0.717) is 19.4 Å². The lowest BCUT2D eigenvalue weighted by molar-refractivity contribution is -0.140. The number of rotatable bonds is 11. The molecule has 2 aliphatic carbocycles. The van der Waals surface area contributed by atoms with Crippen LogP contribution in [0.5, 0.6) is 5.75 Å². The summed E-state index contributed by atoms with van der Waals surface area (Å²) >= 11 is 6.69. The molecule has 36 heavy (non-hydrogen) atoms. The van der Waals surface area contributed by atoms with Crippen LogP contribution < -0.4 is 4.74 Å². The van der Waals surface area contributed by atoms with Gasteiger partial charge < -0.3 is 19.3 Å². The van der Waals surface area contributed by atoms with Crippen molar-refractivity contribution in [2.75, 3.05) is 14.2 Å². The molecule has 0 spiro atoms. The number of fused-ring (bicyclic) bond motifs is 1. The van der Waals surface area contributed by atoms with Crippen LogP contribution in [0.25, 0.3) is 0 Å². The lowest BCUT2D eigenvalue weighted by Crippen LogP contribution is -2.18. The molecule has 1 N–H and O–H groups in total. The van der Waals surface area contributed by atoms with Gasteiger partial charge in [0.25, 0.3) is 0 Å². The van der Waals surface area contributed by atoms with Crippen molar-refractivity contribution >= 4 is 17.6 Å². The number of carbonyl (C=O) groups excluding carboxylic acids is 1. The molecule has 0 bridgehead atoms. The van der Waals surface area contributed by atoms with Crippen molar-refractivity contribution in [3.8, 4) is 5.75 Å². The van der Waals surface area contributed by atoms with Gasteiger partial charge in [-0.05, 0) is 78.8 Å². The van der Waals surface area contributed by atoms with E-state index in [4.69, 9.17) is 21.1 Å². The summed E-state index contributed by atoms with van der Waals surface area (Å²) in [5.74, 6) is 0.878. The van der Waals surface area contributed by atoms with Gasteiger partial charge in [0.1, 0.15) is 5.75 Å². The zero-order valence-corrected chi connectivity index (χ0v) is 22.0. The first-order valence-electron chi connectivity index (χ1n) is 12.9. The van der Waals surface area contributed by atoms with Crippen molar-refractivity contribution in [1.29, 1.82) is 0 Å². The van der Waals surface area contributed by atoms with Crippen LogP contribution in [0.1, 0.15) is 72.8 Å². The molecule has 1 saturated carbocycles. The third kappa shape index (κ3) is 6.50. The molecule has 2 aromatic carbocycles. The summed E-state index contributed by atoms with van der Waals surface area (Å²) in [6.07, 6.45) is 9.34. The molecule has 0 radical (unpaired) electrons. The molecule has 5 nitrogen and oxygen atoms in total. The first-order valence-corrected chi connectivity index (χ1v) is 13.3. The molecule has 194 valence electrons. The van der Waals surface area contributed by atoms with Gasteiger partial charge in [0, 0.05) is 17.7 Å². The third-order valence-corrected chi connectivity index (χ3v) is 8.05. The van der Waals surface area contributed by atoms with Crippen molar-refractivity contribution in [2.24, 2.45) is 5.92 Å². The number of ether oxygens (including phenoxy) is 3. The molecule has 4 rings (SSSR count). The van der Waals surface area contributed by atoms with E-state index in [1.807, 2.05) is 24.3 Å². The van der Waals surface area contributed by atoms with Crippen LogP contribution in [0.4, 0.5) is 0 Å². The van der Waals surface area contributed by atoms with E-state index in [0.717, 1.165) is 43.4 Å². The molecule has 5 atom stereocenters. The van der Waals surface area contributed by atoms with Gasteiger partial charge in [-0.15, -0.1) is 11.6 Å². The van der Waals surface area contributed by atoms with Crippen molar-refractivity contribution in [3.05, 3.63) is 76.9 Å². The Morgan fingerprint density at radius 1 is 1.14 bits per heavy atom. The van der Waals surface area contributed by atoms with E-state index in [1.165, 1.54) is 23.8 Å². The molecule has 6 heteroatoms. The summed E-state index contributed by atoms with van der Waals surface area (Å²) < 4.78 is 16.2. The van der Waals surface area contributed by atoms with Crippen LogP contribution in [0.2, 0.25) is 0 Å². The Kier molecular flexibility index (Phi) is 9.47. The number of hydrogen-bond acceptors (Lipinski definition) is 5. The van der Waals surface area contributed by atoms with Crippen LogP contribution >= 0.6 is 11.6 Å². The molecule has 0 amide bonds. The highest BCUT2D eigenvalue weighted by Crippen LogP contribution is 2.46. The van der Waals surface area contributed by atoms with E-state index in [-0.39, 0.29) is 29.3 Å². The number of benzene rings is 2. The smallest absolute Gasteiger partial charge is 0.305 e. The highest BCUT2D eigenvalue weighted by molar-refractivity contribution is 6.21. The predicted octanol–water partition coefficient (Wildman–Crippen LogP) is 6.26. The Labute approximate surface area is 219 Å². The Morgan fingerprint density at radius 3 is 2.69 bits per heavy atom. The second-order valence-corrected chi connectivity index (χ2v) is 10.4. The highest BCUT2D eigenvalue weighted by Gasteiger charge is 2.42. The van der Waals surface area contributed by atoms with Crippen molar-refractivity contribution in [2.45, 2.75) is 75.1 Å². The van der Waals surface area contributed by atoms with Crippen LogP contribution in [-0.2, 0) is 27.3 Å². The van der Waals surface area contributed by atoms with E-state index < -0.39 is 6.10 Å². The van der Waals surface area contributed by atoms with Crippen LogP contribution in [0.15, 0.2) is 54.6 Å². The minimum absolute atomic E-state index is 0.0248. The Balaban J connectivity index is 1.36. The second-order valence-electron chi connectivity index (χ2n) is 9.83. The SMILES string of the molecule is COC(=O)CCC/C=C\C[C@H]1[C@H](Cl)CC(O)[C@H]1c1ccc2c(c1)CCC2OCc1ccc(OC)cc1. The monoisotopic (exact) mass is 512 g/mol. The molecular formula is C30H37ClO5. The van der Waals surface area contributed by atoms with Gasteiger partial charge in [-0.2, -0.15) is 0 Å². The van der Waals surface area contributed by atoms with Crippen molar-refractivity contribution in [1.82, 2.24) is 0 Å². The number of halogens is 1. The minimum atomic E-state index is -0.438. The lowest BCUT2D eigenvalue weighted by Gasteiger charge is -2.24. The fourth-order valence-corrected chi connectivity index (χ4v) is 6.00. The van der Waals surface area contributed by atoms with Gasteiger partial charge in [-0.3, -0.25) is 4.79 Å². The average molecular weight is 513 g/mol. The maximum atomic E-state index is 11.3. The van der Waals surface area contributed by atoms with Crippen molar-refractivity contribution < 1.29 is 24.1 Å². The van der Waals surface area contributed by atoms with E-state index >= 15 is 0 Å². The number of allylic oxidation sites excluding steroid dienone is 2. The quantitative estimate of drug-likeness (QED) is 0.166. The number of unbranched alkanes of at least 4 members (excludes halogenated alkanes) is 1. The van der Waals surface area contributed by atoms with Crippen LogP contribution in [0.3, 0.4) is 0 Å². The number of aliphatic hydroxyl groups is 1. The fraction of sp³-hybridized carbons (Fsp3) is 0.500. The summed E-state index contributed by atoms with van der Waals surface area (Å²) in [5.41, 5.74) is 4.87. The van der Waals surface area contributed by atoms with E-state index in [2.05, 4.69) is 35.1 Å². The minimum Gasteiger partial charge on any atom is -0.497 e.